The summed E-state index contributed by atoms with van der Waals surface area (Å²) in [5.41, 5.74) is 5.86. The fraction of sp³-hybridized carbons (Fsp3) is 0.615. The van der Waals surface area contributed by atoms with Gasteiger partial charge in [-0.1, -0.05) is 19.8 Å². The number of carbonyl (C=O) groups is 1. The lowest BCUT2D eigenvalue weighted by Crippen LogP contribution is -2.40. The van der Waals surface area contributed by atoms with Crippen molar-refractivity contribution in [1.82, 2.24) is 9.88 Å². The zero-order valence-electron chi connectivity index (χ0n) is 12.0. The van der Waals surface area contributed by atoms with E-state index in [1.807, 2.05) is 6.92 Å². The van der Waals surface area contributed by atoms with Crippen molar-refractivity contribution >= 4 is 11.6 Å². The molecular formula is C13H22N4O3. The largest absolute Gasteiger partial charge is 0.347 e. The lowest BCUT2D eigenvalue weighted by molar-refractivity contribution is -0.384. The first-order valence-electron chi connectivity index (χ1n) is 6.88. The zero-order valence-corrected chi connectivity index (χ0v) is 12.0. The van der Waals surface area contributed by atoms with Crippen LogP contribution in [0.5, 0.6) is 0 Å². The Morgan fingerprint density at radius 1 is 1.55 bits per heavy atom. The summed E-state index contributed by atoms with van der Waals surface area (Å²) in [4.78, 5) is 22.4. The molecular weight excluding hydrogens is 260 g/mol. The van der Waals surface area contributed by atoms with E-state index in [-0.39, 0.29) is 17.6 Å². The molecule has 0 radical (unpaired) electrons. The first kappa shape index (κ1) is 16.2. The SMILES string of the molecule is CCCCC(CN)NC(=O)c1cc([N+](=O)[O-])cn1CC. The molecule has 0 aromatic carbocycles. The summed E-state index contributed by atoms with van der Waals surface area (Å²) in [6.45, 7) is 4.76. The van der Waals surface area contributed by atoms with E-state index >= 15 is 0 Å². The van der Waals surface area contributed by atoms with Crippen LogP contribution in [0, 0.1) is 10.1 Å². The Morgan fingerprint density at radius 3 is 2.75 bits per heavy atom. The second kappa shape index (κ2) is 7.64. The average molecular weight is 282 g/mol. The van der Waals surface area contributed by atoms with Gasteiger partial charge < -0.3 is 15.6 Å². The van der Waals surface area contributed by atoms with Gasteiger partial charge in [-0.15, -0.1) is 0 Å². The number of aryl methyl sites for hydroxylation is 1. The molecule has 0 fully saturated rings. The molecule has 0 spiro atoms. The van der Waals surface area contributed by atoms with Crippen LogP contribution in [0.3, 0.4) is 0 Å². The minimum atomic E-state index is -0.500. The summed E-state index contributed by atoms with van der Waals surface area (Å²) in [6, 6.07) is 1.20. The van der Waals surface area contributed by atoms with Gasteiger partial charge in [0.25, 0.3) is 11.6 Å². The van der Waals surface area contributed by atoms with E-state index in [9.17, 15) is 14.9 Å². The molecule has 1 aromatic rings. The maximum absolute atomic E-state index is 12.2. The van der Waals surface area contributed by atoms with Crippen molar-refractivity contribution in [3.05, 3.63) is 28.1 Å². The number of amides is 1. The number of aromatic nitrogens is 1. The molecule has 1 unspecified atom stereocenters. The minimum Gasteiger partial charge on any atom is -0.347 e. The van der Waals surface area contributed by atoms with Crippen LogP contribution in [0.15, 0.2) is 12.3 Å². The molecule has 20 heavy (non-hydrogen) atoms. The highest BCUT2D eigenvalue weighted by molar-refractivity contribution is 5.93. The van der Waals surface area contributed by atoms with E-state index in [0.717, 1.165) is 19.3 Å². The third kappa shape index (κ3) is 4.06. The summed E-state index contributed by atoms with van der Waals surface area (Å²) in [6.07, 6.45) is 4.20. The second-order valence-corrected chi connectivity index (χ2v) is 4.67. The Kier molecular flexibility index (Phi) is 6.17. The minimum absolute atomic E-state index is 0.0742. The highest BCUT2D eigenvalue weighted by Gasteiger charge is 2.20. The molecule has 0 aliphatic heterocycles. The van der Waals surface area contributed by atoms with Gasteiger partial charge in [-0.25, -0.2) is 0 Å². The molecule has 1 atom stereocenters. The lowest BCUT2D eigenvalue weighted by atomic mass is 10.1. The Balaban J connectivity index is 2.82. The highest BCUT2D eigenvalue weighted by atomic mass is 16.6. The van der Waals surface area contributed by atoms with Gasteiger partial charge in [-0.3, -0.25) is 14.9 Å². The third-order valence-electron chi connectivity index (χ3n) is 3.19. The van der Waals surface area contributed by atoms with E-state index in [0.29, 0.717) is 18.8 Å². The summed E-state index contributed by atoms with van der Waals surface area (Å²) in [5, 5.41) is 13.6. The molecule has 0 saturated heterocycles. The normalized spacial score (nSPS) is 12.2. The van der Waals surface area contributed by atoms with Gasteiger partial charge >= 0.3 is 0 Å². The molecule has 112 valence electrons. The number of rotatable bonds is 8. The van der Waals surface area contributed by atoms with E-state index in [4.69, 9.17) is 5.73 Å². The maximum atomic E-state index is 12.2. The van der Waals surface area contributed by atoms with Crippen LogP contribution >= 0.6 is 0 Å². The Labute approximate surface area is 118 Å². The summed E-state index contributed by atoms with van der Waals surface area (Å²) in [5.74, 6) is -0.313. The lowest BCUT2D eigenvalue weighted by Gasteiger charge is -2.16. The van der Waals surface area contributed by atoms with Crippen LogP contribution in [0.25, 0.3) is 0 Å². The van der Waals surface area contributed by atoms with Gasteiger partial charge in [0.1, 0.15) is 5.69 Å². The van der Waals surface area contributed by atoms with Gasteiger partial charge in [-0.2, -0.15) is 0 Å². The van der Waals surface area contributed by atoms with Crippen molar-refractivity contribution in [3.8, 4) is 0 Å². The van der Waals surface area contributed by atoms with Crippen LogP contribution in [0.2, 0.25) is 0 Å². The standard InChI is InChI=1S/C13H22N4O3/c1-3-5-6-10(8-14)15-13(18)12-7-11(17(19)20)9-16(12)4-2/h7,9-10H,3-6,8,14H2,1-2H3,(H,15,18). The number of nitrogens with one attached hydrogen (secondary N) is 1. The van der Waals surface area contributed by atoms with Crippen molar-refractivity contribution in [2.75, 3.05) is 6.54 Å². The highest BCUT2D eigenvalue weighted by Crippen LogP contribution is 2.16. The monoisotopic (exact) mass is 282 g/mol. The first-order chi connectivity index (χ1) is 9.53. The molecule has 0 bridgehead atoms. The molecule has 1 rings (SSSR count). The van der Waals surface area contributed by atoms with Crippen LogP contribution in [-0.2, 0) is 6.54 Å². The molecule has 0 aliphatic carbocycles. The molecule has 1 aromatic heterocycles. The van der Waals surface area contributed by atoms with E-state index in [1.54, 1.807) is 4.57 Å². The predicted octanol–water partition coefficient (Wildman–Crippen LogP) is 1.66. The first-order valence-corrected chi connectivity index (χ1v) is 6.88. The number of hydrogen-bond donors (Lipinski definition) is 2. The topological polar surface area (TPSA) is 103 Å². The molecule has 0 saturated carbocycles. The van der Waals surface area contributed by atoms with Crippen LogP contribution in [0.1, 0.15) is 43.6 Å². The number of nitro groups is 1. The van der Waals surface area contributed by atoms with Crippen LogP contribution in [-0.4, -0.2) is 28.0 Å². The maximum Gasteiger partial charge on any atom is 0.287 e. The molecule has 7 nitrogen and oxygen atoms in total. The van der Waals surface area contributed by atoms with Crippen LogP contribution < -0.4 is 11.1 Å². The van der Waals surface area contributed by atoms with Gasteiger partial charge in [-0.05, 0) is 13.3 Å². The number of unbranched alkanes of at least 4 members (excludes halogenated alkanes) is 1. The summed E-state index contributed by atoms with van der Waals surface area (Å²) < 4.78 is 1.57. The smallest absolute Gasteiger partial charge is 0.287 e. The predicted molar refractivity (Wildman–Crippen MR) is 76.6 cm³/mol. The number of nitrogens with zero attached hydrogens (tertiary/aromatic N) is 2. The van der Waals surface area contributed by atoms with Crippen molar-refractivity contribution in [2.45, 2.75) is 45.7 Å². The van der Waals surface area contributed by atoms with Gasteiger partial charge in [0, 0.05) is 25.2 Å². The Morgan fingerprint density at radius 2 is 2.25 bits per heavy atom. The zero-order chi connectivity index (χ0) is 15.1. The quantitative estimate of drug-likeness (QED) is 0.559. The van der Waals surface area contributed by atoms with E-state index in [2.05, 4.69) is 12.2 Å². The average Bonchev–Trinajstić information content (AvgIpc) is 2.87. The van der Waals surface area contributed by atoms with E-state index in [1.165, 1.54) is 12.3 Å². The molecule has 0 aliphatic rings. The Bertz CT molecular complexity index is 470. The molecule has 1 amide bonds. The number of carbonyl (C=O) groups excluding carboxylic acids is 1. The van der Waals surface area contributed by atoms with E-state index < -0.39 is 4.92 Å². The van der Waals surface area contributed by atoms with Crippen molar-refractivity contribution in [1.29, 1.82) is 0 Å². The molecule has 1 heterocycles. The van der Waals surface area contributed by atoms with Crippen molar-refractivity contribution in [3.63, 3.8) is 0 Å². The fourth-order valence-corrected chi connectivity index (χ4v) is 2.01. The molecule has 3 N–H and O–H groups in total. The van der Waals surface area contributed by atoms with Gasteiger partial charge in [0.05, 0.1) is 11.1 Å². The molecule has 7 heteroatoms. The van der Waals surface area contributed by atoms with Gasteiger partial charge in [0.2, 0.25) is 0 Å². The second-order valence-electron chi connectivity index (χ2n) is 4.67. The van der Waals surface area contributed by atoms with Crippen LogP contribution in [0.4, 0.5) is 5.69 Å². The van der Waals surface area contributed by atoms with Gasteiger partial charge in [0.15, 0.2) is 0 Å². The van der Waals surface area contributed by atoms with Crippen molar-refractivity contribution in [2.24, 2.45) is 5.73 Å². The number of hydrogen-bond acceptors (Lipinski definition) is 4. The summed E-state index contributed by atoms with van der Waals surface area (Å²) in [7, 11) is 0. The van der Waals surface area contributed by atoms with Crippen molar-refractivity contribution < 1.29 is 9.72 Å². The summed E-state index contributed by atoms with van der Waals surface area (Å²) >= 11 is 0. The Hall–Kier alpha value is -1.89. The fourth-order valence-electron chi connectivity index (χ4n) is 2.01. The third-order valence-corrected chi connectivity index (χ3v) is 3.19. The number of nitrogens with two attached hydrogens (primary N) is 1.